The van der Waals surface area contributed by atoms with E-state index in [0.717, 1.165) is 43.4 Å². The Morgan fingerprint density at radius 3 is 2.37 bits per heavy atom. The van der Waals surface area contributed by atoms with Gasteiger partial charge in [0.2, 0.25) is 0 Å². The Morgan fingerprint density at radius 2 is 1.63 bits per heavy atom. The van der Waals surface area contributed by atoms with E-state index in [1.165, 1.54) is 43.5 Å². The summed E-state index contributed by atoms with van der Waals surface area (Å²) in [6.07, 6.45) is -0.704. The molecule has 0 amide bonds. The molecule has 0 bridgehead atoms. The summed E-state index contributed by atoms with van der Waals surface area (Å²) in [7, 11) is 0. The van der Waals surface area contributed by atoms with Crippen molar-refractivity contribution in [1.82, 2.24) is 9.80 Å². The molecular weight excluding hydrogens is 392 g/mol. The molecule has 2 heterocycles. The molecule has 0 N–H and O–H groups in total. The second kappa shape index (κ2) is 9.06. The fraction of sp³-hybridized carbons (Fsp3) is 0.500. The van der Waals surface area contributed by atoms with Crippen molar-refractivity contribution < 1.29 is 17.6 Å². The van der Waals surface area contributed by atoms with Gasteiger partial charge in [-0.2, -0.15) is 13.2 Å². The third-order valence-corrected chi connectivity index (χ3v) is 6.40. The van der Waals surface area contributed by atoms with Gasteiger partial charge in [-0.25, -0.2) is 4.39 Å². The molecule has 0 spiro atoms. The predicted molar refractivity (Wildman–Crippen MR) is 110 cm³/mol. The lowest BCUT2D eigenvalue weighted by atomic mass is 9.87. The van der Waals surface area contributed by atoms with Crippen LogP contribution in [-0.4, -0.2) is 42.5 Å². The van der Waals surface area contributed by atoms with Crippen molar-refractivity contribution in [2.45, 2.75) is 37.9 Å². The second-order valence-electron chi connectivity index (χ2n) is 8.68. The monoisotopic (exact) mass is 420 g/mol. The van der Waals surface area contributed by atoms with E-state index in [2.05, 4.69) is 9.80 Å². The first kappa shape index (κ1) is 21.3. The molecule has 6 heteroatoms. The van der Waals surface area contributed by atoms with Crippen LogP contribution in [0.2, 0.25) is 0 Å². The second-order valence-corrected chi connectivity index (χ2v) is 8.68. The molecule has 4 rings (SSSR count). The summed E-state index contributed by atoms with van der Waals surface area (Å²) in [6, 6.07) is 12.4. The summed E-state index contributed by atoms with van der Waals surface area (Å²) in [6.45, 7) is 5.15. The molecule has 30 heavy (non-hydrogen) atoms. The van der Waals surface area contributed by atoms with Crippen molar-refractivity contribution in [3.8, 4) is 0 Å². The van der Waals surface area contributed by atoms with E-state index in [1.54, 1.807) is 6.07 Å². The Hall–Kier alpha value is -1.92. The zero-order chi connectivity index (χ0) is 21.1. The smallest absolute Gasteiger partial charge is 0.303 e. The van der Waals surface area contributed by atoms with Crippen molar-refractivity contribution in [3.05, 3.63) is 71.0 Å². The Bertz CT molecular complexity index is 845. The number of alkyl halides is 3. The minimum Gasteiger partial charge on any atom is -0.303 e. The molecule has 0 aromatic heterocycles. The van der Waals surface area contributed by atoms with Crippen molar-refractivity contribution >= 4 is 0 Å². The highest BCUT2D eigenvalue weighted by Gasteiger charge is 2.37. The van der Waals surface area contributed by atoms with E-state index < -0.39 is 11.7 Å². The Kier molecular flexibility index (Phi) is 6.44. The van der Waals surface area contributed by atoms with Crippen LogP contribution in [0.4, 0.5) is 17.6 Å². The normalized spacial score (nSPS) is 23.7. The third kappa shape index (κ3) is 5.22. The number of likely N-dealkylation sites (tertiary alicyclic amines) is 2. The lowest BCUT2D eigenvalue weighted by Crippen LogP contribution is -2.36. The van der Waals surface area contributed by atoms with E-state index in [0.29, 0.717) is 13.1 Å². The quantitative estimate of drug-likeness (QED) is 0.586. The zero-order valence-electron chi connectivity index (χ0n) is 17.0. The van der Waals surface area contributed by atoms with Crippen LogP contribution in [0.5, 0.6) is 0 Å². The van der Waals surface area contributed by atoms with Gasteiger partial charge in [0.1, 0.15) is 5.82 Å². The van der Waals surface area contributed by atoms with Crippen LogP contribution >= 0.6 is 0 Å². The van der Waals surface area contributed by atoms with Crippen LogP contribution in [0.3, 0.4) is 0 Å². The van der Waals surface area contributed by atoms with Crippen LogP contribution in [0, 0.1) is 11.7 Å². The van der Waals surface area contributed by atoms with Crippen molar-refractivity contribution in [3.63, 3.8) is 0 Å². The molecule has 0 radical (unpaired) electrons. The lowest BCUT2D eigenvalue weighted by Gasteiger charge is -2.31. The molecule has 2 aromatic rings. The maximum absolute atomic E-state index is 13.6. The molecule has 2 aromatic carbocycles. The number of halogens is 4. The van der Waals surface area contributed by atoms with Crippen molar-refractivity contribution in [1.29, 1.82) is 0 Å². The number of hydrogen-bond acceptors (Lipinski definition) is 2. The van der Waals surface area contributed by atoms with Gasteiger partial charge >= 0.3 is 6.18 Å². The Labute approximate surface area is 175 Å². The van der Waals surface area contributed by atoms with Gasteiger partial charge in [-0.3, -0.25) is 4.90 Å². The van der Waals surface area contributed by atoms with E-state index in [4.69, 9.17) is 0 Å². The SMILES string of the molecule is Fc1cccc(CN2C[C@@H](CN3CCCCC3)[C@@H](c3cccc(C(F)(F)F)c3)C2)c1. The van der Waals surface area contributed by atoms with Gasteiger partial charge in [-0.1, -0.05) is 36.8 Å². The average molecular weight is 420 g/mol. The largest absolute Gasteiger partial charge is 0.416 e. The van der Waals surface area contributed by atoms with E-state index in [9.17, 15) is 17.6 Å². The summed E-state index contributed by atoms with van der Waals surface area (Å²) >= 11 is 0. The summed E-state index contributed by atoms with van der Waals surface area (Å²) in [5.41, 5.74) is 1.07. The van der Waals surface area contributed by atoms with Gasteiger partial charge in [0, 0.05) is 32.1 Å². The highest BCUT2D eigenvalue weighted by molar-refractivity contribution is 5.30. The van der Waals surface area contributed by atoms with Crippen LogP contribution < -0.4 is 0 Å². The van der Waals surface area contributed by atoms with Gasteiger partial charge in [0.15, 0.2) is 0 Å². The van der Waals surface area contributed by atoms with Gasteiger partial charge < -0.3 is 4.90 Å². The zero-order valence-corrected chi connectivity index (χ0v) is 17.0. The molecule has 2 nitrogen and oxygen atoms in total. The molecule has 0 saturated carbocycles. The van der Waals surface area contributed by atoms with Gasteiger partial charge in [0.25, 0.3) is 0 Å². The van der Waals surface area contributed by atoms with Crippen LogP contribution in [-0.2, 0) is 12.7 Å². The van der Waals surface area contributed by atoms with Crippen LogP contribution in [0.1, 0.15) is 41.9 Å². The first-order valence-electron chi connectivity index (χ1n) is 10.7. The van der Waals surface area contributed by atoms with Gasteiger partial charge in [-0.15, -0.1) is 0 Å². The maximum Gasteiger partial charge on any atom is 0.416 e. The van der Waals surface area contributed by atoms with Gasteiger partial charge in [0.05, 0.1) is 5.56 Å². The van der Waals surface area contributed by atoms with Crippen molar-refractivity contribution in [2.75, 3.05) is 32.7 Å². The summed E-state index contributed by atoms with van der Waals surface area (Å²) in [4.78, 5) is 4.72. The number of hydrogen-bond donors (Lipinski definition) is 0. The Balaban J connectivity index is 1.55. The first-order valence-corrected chi connectivity index (χ1v) is 10.7. The lowest BCUT2D eigenvalue weighted by molar-refractivity contribution is -0.137. The molecule has 2 aliphatic rings. The summed E-state index contributed by atoms with van der Waals surface area (Å²) in [5, 5.41) is 0. The highest BCUT2D eigenvalue weighted by Crippen LogP contribution is 2.37. The maximum atomic E-state index is 13.6. The van der Waals surface area contributed by atoms with Gasteiger partial charge in [-0.05, 0) is 61.2 Å². The average Bonchev–Trinajstić information content (AvgIpc) is 3.10. The predicted octanol–water partition coefficient (Wildman–Crippen LogP) is 5.55. The molecule has 0 aliphatic carbocycles. The molecule has 2 fully saturated rings. The van der Waals surface area contributed by atoms with E-state index in [1.807, 2.05) is 12.1 Å². The minimum absolute atomic E-state index is 0.0442. The molecule has 2 saturated heterocycles. The molecule has 2 atom stereocenters. The molecule has 162 valence electrons. The number of piperidine rings is 1. The molecule has 0 unspecified atom stereocenters. The standard InChI is InChI=1S/C24H28F4N2/c25-22-9-4-6-18(12-22)14-30-16-20(15-29-10-2-1-3-11-29)23(17-30)19-7-5-8-21(13-19)24(26,27)28/h4-9,12-13,20,23H,1-3,10-11,14-17H2/t20-,23-/m1/s1. The van der Waals surface area contributed by atoms with Crippen LogP contribution in [0.15, 0.2) is 48.5 Å². The molecular formula is C24H28F4N2. The number of rotatable bonds is 5. The fourth-order valence-corrected chi connectivity index (χ4v) is 4.97. The fourth-order valence-electron chi connectivity index (χ4n) is 4.97. The van der Waals surface area contributed by atoms with Crippen molar-refractivity contribution in [2.24, 2.45) is 5.92 Å². The molecule has 2 aliphatic heterocycles. The van der Waals surface area contributed by atoms with Crippen LogP contribution in [0.25, 0.3) is 0 Å². The summed E-state index contributed by atoms with van der Waals surface area (Å²) < 4.78 is 53.4. The summed E-state index contributed by atoms with van der Waals surface area (Å²) in [5.74, 6) is 0.0499. The topological polar surface area (TPSA) is 6.48 Å². The number of benzene rings is 2. The van der Waals surface area contributed by atoms with E-state index >= 15 is 0 Å². The third-order valence-electron chi connectivity index (χ3n) is 6.40. The first-order chi connectivity index (χ1) is 14.4. The minimum atomic E-state index is -4.34. The highest BCUT2D eigenvalue weighted by atomic mass is 19.4. The Morgan fingerprint density at radius 1 is 0.867 bits per heavy atom. The number of nitrogens with zero attached hydrogens (tertiary/aromatic N) is 2. The van der Waals surface area contributed by atoms with E-state index in [-0.39, 0.29) is 17.7 Å².